The molecule has 4 heteroatoms. The molecule has 0 heterocycles. The molecule has 0 aliphatic rings. The molecule has 2 nitrogen and oxygen atoms in total. The molecule has 0 saturated carbocycles. The molecule has 0 aromatic heterocycles. The summed E-state index contributed by atoms with van der Waals surface area (Å²) in [6.45, 7) is 4.53. The Morgan fingerprint density at radius 3 is 2.00 bits per heavy atom. The quantitative estimate of drug-likeness (QED) is 0.274. The Labute approximate surface area is 190 Å². The summed E-state index contributed by atoms with van der Waals surface area (Å²) in [4.78, 5) is 0. The van der Waals surface area contributed by atoms with E-state index in [1.54, 1.807) is 19.1 Å². The highest BCUT2D eigenvalue weighted by atomic mass is 35.5. The van der Waals surface area contributed by atoms with Gasteiger partial charge in [-0.2, -0.15) is 0 Å². The van der Waals surface area contributed by atoms with Crippen LogP contribution in [-0.4, -0.2) is 18.1 Å². The summed E-state index contributed by atoms with van der Waals surface area (Å²) in [6, 6.07) is 29.3. The van der Waals surface area contributed by atoms with Crippen molar-refractivity contribution in [3.8, 4) is 0 Å². The number of methoxy groups -OCH3 is 1. The van der Waals surface area contributed by atoms with Gasteiger partial charge in [-0.05, 0) is 55.5 Å². The highest BCUT2D eigenvalue weighted by Crippen LogP contribution is 2.31. The minimum Gasteiger partial charge on any atom is -0.365 e. The molecule has 0 fully saturated rings. The van der Waals surface area contributed by atoms with Crippen molar-refractivity contribution < 1.29 is 4.74 Å². The Morgan fingerprint density at radius 2 is 1.43 bits per heavy atom. The second-order valence-electron chi connectivity index (χ2n) is 8.15. The lowest BCUT2D eigenvalue weighted by Crippen LogP contribution is -2.37. The van der Waals surface area contributed by atoms with Crippen molar-refractivity contribution in [2.75, 3.05) is 7.11 Å². The lowest BCUT2D eigenvalue weighted by molar-refractivity contribution is 0.0718. The van der Waals surface area contributed by atoms with E-state index in [1.165, 1.54) is 16.7 Å². The van der Waals surface area contributed by atoms with E-state index in [9.17, 15) is 0 Å². The van der Waals surface area contributed by atoms with Crippen molar-refractivity contribution >= 4 is 23.5 Å². The average molecular weight is 440 g/mol. The van der Waals surface area contributed by atoms with Crippen LogP contribution in [0.5, 0.6) is 0 Å². The number of hydrogen-bond acceptors (Lipinski definition) is 3. The van der Waals surface area contributed by atoms with Crippen LogP contribution in [0.2, 0.25) is 5.02 Å². The summed E-state index contributed by atoms with van der Waals surface area (Å²) in [7, 11) is 1.77. The van der Waals surface area contributed by atoms with Gasteiger partial charge in [0.1, 0.15) is 6.23 Å². The topological polar surface area (TPSA) is 21.3 Å². The van der Waals surface area contributed by atoms with Crippen LogP contribution in [-0.2, 0) is 17.6 Å². The van der Waals surface area contributed by atoms with Crippen molar-refractivity contribution in [3.63, 3.8) is 0 Å². The second kappa shape index (κ2) is 11.0. The lowest BCUT2D eigenvalue weighted by atomic mass is 9.90. The van der Waals surface area contributed by atoms with E-state index in [-0.39, 0.29) is 16.9 Å². The van der Waals surface area contributed by atoms with Crippen LogP contribution >= 0.6 is 23.5 Å². The van der Waals surface area contributed by atoms with Gasteiger partial charge >= 0.3 is 0 Å². The third-order valence-electron chi connectivity index (χ3n) is 5.14. The number of rotatable bonds is 10. The fourth-order valence-electron chi connectivity index (χ4n) is 3.61. The molecule has 0 aliphatic heterocycles. The predicted molar refractivity (Wildman–Crippen MR) is 130 cm³/mol. The van der Waals surface area contributed by atoms with Gasteiger partial charge in [-0.3, -0.25) is 0 Å². The molecular weight excluding hydrogens is 410 g/mol. The van der Waals surface area contributed by atoms with Crippen molar-refractivity contribution in [2.24, 2.45) is 0 Å². The van der Waals surface area contributed by atoms with Crippen LogP contribution in [0.4, 0.5) is 0 Å². The summed E-state index contributed by atoms with van der Waals surface area (Å²) in [5.74, 6) is 0.162. The van der Waals surface area contributed by atoms with Crippen LogP contribution < -0.4 is 4.72 Å². The minimum absolute atomic E-state index is 0.0232. The molecule has 2 unspecified atom stereocenters. The number of ether oxygens (including phenoxy) is 1. The molecule has 0 radical (unpaired) electrons. The molecule has 1 N–H and O–H groups in total. The molecule has 0 spiro atoms. The molecule has 3 aromatic carbocycles. The Hall–Kier alpha value is -1.78. The first-order chi connectivity index (χ1) is 14.5. The van der Waals surface area contributed by atoms with Gasteiger partial charge in [0.05, 0.1) is 0 Å². The van der Waals surface area contributed by atoms with Gasteiger partial charge in [0.25, 0.3) is 0 Å². The second-order valence-corrected chi connectivity index (χ2v) is 10.1. The Balaban J connectivity index is 1.75. The monoisotopic (exact) mass is 439 g/mol. The van der Waals surface area contributed by atoms with Crippen molar-refractivity contribution in [2.45, 2.75) is 43.6 Å². The molecule has 3 rings (SSSR count). The zero-order valence-electron chi connectivity index (χ0n) is 17.8. The van der Waals surface area contributed by atoms with Crippen molar-refractivity contribution in [1.29, 1.82) is 0 Å². The predicted octanol–water partition coefficient (Wildman–Crippen LogP) is 6.90. The van der Waals surface area contributed by atoms with Crippen LogP contribution in [0, 0.1) is 0 Å². The van der Waals surface area contributed by atoms with E-state index in [0.29, 0.717) is 0 Å². The number of nitrogens with one attached hydrogen (secondary N) is 1. The van der Waals surface area contributed by atoms with Gasteiger partial charge in [0.15, 0.2) is 0 Å². The third kappa shape index (κ3) is 6.88. The molecule has 158 valence electrons. The summed E-state index contributed by atoms with van der Waals surface area (Å²) >= 11 is 7.88. The maximum absolute atomic E-state index is 6.14. The molecular formula is C26H30ClNOS. The molecule has 0 aliphatic carbocycles. The first-order valence-corrected chi connectivity index (χ1v) is 11.5. The molecule has 2 atom stereocenters. The summed E-state index contributed by atoms with van der Waals surface area (Å²) in [5.41, 5.74) is 3.84. The Kier molecular flexibility index (Phi) is 8.41. The van der Waals surface area contributed by atoms with Crippen molar-refractivity contribution in [1.82, 2.24) is 4.72 Å². The van der Waals surface area contributed by atoms with E-state index in [4.69, 9.17) is 16.3 Å². The fourth-order valence-corrected chi connectivity index (χ4v) is 4.67. The van der Waals surface area contributed by atoms with Crippen molar-refractivity contribution in [3.05, 3.63) is 107 Å². The van der Waals surface area contributed by atoms with Crippen LogP contribution in [0.1, 0.15) is 36.5 Å². The Bertz CT molecular complexity index is 884. The van der Waals surface area contributed by atoms with Gasteiger partial charge in [0.2, 0.25) is 0 Å². The van der Waals surface area contributed by atoms with Crippen LogP contribution in [0.3, 0.4) is 0 Å². The van der Waals surface area contributed by atoms with Gasteiger partial charge in [-0.25, -0.2) is 4.72 Å². The summed E-state index contributed by atoms with van der Waals surface area (Å²) in [5, 5.41) is 0.748. The maximum Gasteiger partial charge on any atom is 0.123 e. The van der Waals surface area contributed by atoms with Gasteiger partial charge in [-0.15, -0.1) is 0 Å². The van der Waals surface area contributed by atoms with E-state index < -0.39 is 0 Å². The number of halogens is 1. The minimum atomic E-state index is -0.133. The zero-order chi connectivity index (χ0) is 21.4. The smallest absolute Gasteiger partial charge is 0.123 e. The molecule has 3 aromatic rings. The molecule has 0 amide bonds. The summed E-state index contributed by atoms with van der Waals surface area (Å²) in [6.07, 6.45) is 1.73. The highest BCUT2D eigenvalue weighted by Gasteiger charge is 2.27. The lowest BCUT2D eigenvalue weighted by Gasteiger charge is -2.31. The maximum atomic E-state index is 6.14. The van der Waals surface area contributed by atoms with Crippen LogP contribution in [0.25, 0.3) is 0 Å². The van der Waals surface area contributed by atoms with E-state index in [2.05, 4.69) is 91.4 Å². The molecule has 0 saturated heterocycles. The molecule has 0 bridgehead atoms. The SMILES string of the molecule is COC(NSC(C)(C)Cc1ccccc1)C(Cc1ccccc1)c1ccc(Cl)cc1. The normalized spacial score (nSPS) is 13.7. The largest absolute Gasteiger partial charge is 0.365 e. The number of benzene rings is 3. The third-order valence-corrected chi connectivity index (χ3v) is 6.44. The number of hydrogen-bond donors (Lipinski definition) is 1. The zero-order valence-corrected chi connectivity index (χ0v) is 19.4. The van der Waals surface area contributed by atoms with E-state index in [1.807, 2.05) is 12.1 Å². The van der Waals surface area contributed by atoms with Gasteiger partial charge < -0.3 is 4.74 Å². The highest BCUT2D eigenvalue weighted by molar-refractivity contribution is 7.98. The van der Waals surface area contributed by atoms with E-state index in [0.717, 1.165) is 17.9 Å². The summed E-state index contributed by atoms with van der Waals surface area (Å²) < 4.78 is 9.60. The van der Waals surface area contributed by atoms with E-state index >= 15 is 0 Å². The van der Waals surface area contributed by atoms with Crippen LogP contribution in [0.15, 0.2) is 84.9 Å². The standard InChI is InChI=1S/C26H30ClNOS/c1-26(2,19-21-12-8-5-9-13-21)30-28-25(29-3)24(18-20-10-6-4-7-11-20)22-14-16-23(27)17-15-22/h4-17,24-25,28H,18-19H2,1-3H3. The van der Waals surface area contributed by atoms with Gasteiger partial charge in [0, 0.05) is 22.8 Å². The molecule has 30 heavy (non-hydrogen) atoms. The first-order valence-electron chi connectivity index (χ1n) is 10.3. The fraction of sp³-hybridized carbons (Fsp3) is 0.308. The average Bonchev–Trinajstić information content (AvgIpc) is 2.75. The first kappa shape index (κ1) is 22.9. The Morgan fingerprint density at radius 1 is 0.867 bits per heavy atom. The van der Waals surface area contributed by atoms with Gasteiger partial charge in [-0.1, -0.05) is 96.3 Å².